The SMILES string of the molecule is O=c1[nH]c(=O)c2c3c(sc2[nH]1)Cc1ccccc1-3. The molecule has 0 atom stereocenters. The minimum absolute atomic E-state index is 0.303. The molecule has 5 heteroatoms. The van der Waals surface area contributed by atoms with Gasteiger partial charge in [-0.15, -0.1) is 11.3 Å². The minimum Gasteiger partial charge on any atom is -0.298 e. The third kappa shape index (κ3) is 1.14. The molecule has 0 unspecified atom stereocenters. The van der Waals surface area contributed by atoms with Crippen molar-refractivity contribution in [3.8, 4) is 11.1 Å². The lowest BCUT2D eigenvalue weighted by Crippen LogP contribution is -2.21. The summed E-state index contributed by atoms with van der Waals surface area (Å²) in [5, 5.41) is 0.611. The van der Waals surface area contributed by atoms with Crippen LogP contribution < -0.4 is 11.2 Å². The van der Waals surface area contributed by atoms with Crippen molar-refractivity contribution in [3.63, 3.8) is 0 Å². The van der Waals surface area contributed by atoms with E-state index in [0.29, 0.717) is 10.2 Å². The maximum absolute atomic E-state index is 12.0. The van der Waals surface area contributed by atoms with Gasteiger partial charge in [0.15, 0.2) is 0 Å². The fourth-order valence-electron chi connectivity index (χ4n) is 2.58. The molecule has 4 nitrogen and oxygen atoms in total. The van der Waals surface area contributed by atoms with Crippen molar-refractivity contribution in [1.29, 1.82) is 0 Å². The second-order valence-corrected chi connectivity index (χ2v) is 5.45. The van der Waals surface area contributed by atoms with E-state index in [1.807, 2.05) is 18.2 Å². The highest BCUT2D eigenvalue weighted by atomic mass is 32.1. The summed E-state index contributed by atoms with van der Waals surface area (Å²) in [4.78, 5) is 30.1. The van der Waals surface area contributed by atoms with Crippen LogP contribution in [-0.4, -0.2) is 9.97 Å². The predicted octanol–water partition coefficient (Wildman–Crippen LogP) is 1.85. The van der Waals surface area contributed by atoms with Gasteiger partial charge >= 0.3 is 5.69 Å². The second-order valence-electron chi connectivity index (χ2n) is 4.35. The lowest BCUT2D eigenvalue weighted by atomic mass is 10.1. The molecule has 0 radical (unpaired) electrons. The van der Waals surface area contributed by atoms with Gasteiger partial charge in [-0.05, 0) is 11.1 Å². The number of thiophene rings is 1. The van der Waals surface area contributed by atoms with Crippen molar-refractivity contribution < 1.29 is 0 Å². The first-order chi connectivity index (χ1) is 8.74. The summed E-state index contributed by atoms with van der Waals surface area (Å²) in [5.74, 6) is 0. The maximum atomic E-state index is 12.0. The summed E-state index contributed by atoms with van der Waals surface area (Å²) in [6, 6.07) is 8.08. The smallest absolute Gasteiger partial charge is 0.298 e. The first-order valence-corrected chi connectivity index (χ1v) is 6.42. The molecule has 18 heavy (non-hydrogen) atoms. The molecule has 1 aliphatic carbocycles. The van der Waals surface area contributed by atoms with Gasteiger partial charge in [-0.25, -0.2) is 4.79 Å². The van der Waals surface area contributed by atoms with Gasteiger partial charge in [0.1, 0.15) is 4.83 Å². The van der Waals surface area contributed by atoms with E-state index >= 15 is 0 Å². The Morgan fingerprint density at radius 2 is 1.94 bits per heavy atom. The van der Waals surface area contributed by atoms with E-state index in [9.17, 15) is 9.59 Å². The van der Waals surface area contributed by atoms with Crippen LogP contribution in [0.25, 0.3) is 21.3 Å². The molecule has 3 aromatic rings. The van der Waals surface area contributed by atoms with Crippen LogP contribution >= 0.6 is 11.3 Å². The standard InChI is InChI=1S/C13H8N2O2S/c16-11-10-9-7-4-2-1-3-6(7)5-8(9)18-12(10)15-13(17)14-11/h1-4H,5H2,(H2,14,15,16,17). The van der Waals surface area contributed by atoms with Gasteiger partial charge in [-0.2, -0.15) is 0 Å². The summed E-state index contributed by atoms with van der Waals surface area (Å²) in [6.45, 7) is 0. The van der Waals surface area contributed by atoms with Crippen LogP contribution in [0.3, 0.4) is 0 Å². The van der Waals surface area contributed by atoms with Crippen molar-refractivity contribution in [3.05, 3.63) is 55.5 Å². The Kier molecular flexibility index (Phi) is 1.75. The molecule has 1 aliphatic rings. The monoisotopic (exact) mass is 256 g/mol. The van der Waals surface area contributed by atoms with Gasteiger partial charge in [0.25, 0.3) is 5.56 Å². The Balaban J connectivity index is 2.22. The van der Waals surface area contributed by atoms with E-state index in [1.54, 1.807) is 0 Å². The molecule has 0 spiro atoms. The second kappa shape index (κ2) is 3.20. The highest BCUT2D eigenvalue weighted by molar-refractivity contribution is 7.19. The van der Waals surface area contributed by atoms with E-state index in [0.717, 1.165) is 22.4 Å². The van der Waals surface area contributed by atoms with Gasteiger partial charge in [-0.1, -0.05) is 24.3 Å². The Bertz CT molecular complexity index is 901. The van der Waals surface area contributed by atoms with Crippen LogP contribution in [0.2, 0.25) is 0 Å². The van der Waals surface area contributed by atoms with Crippen molar-refractivity contribution in [2.75, 3.05) is 0 Å². The molecule has 2 heterocycles. The van der Waals surface area contributed by atoms with Crippen LogP contribution in [0.4, 0.5) is 0 Å². The fraction of sp³-hybridized carbons (Fsp3) is 0.0769. The highest BCUT2D eigenvalue weighted by Crippen LogP contribution is 2.44. The van der Waals surface area contributed by atoms with Crippen LogP contribution in [-0.2, 0) is 6.42 Å². The van der Waals surface area contributed by atoms with Crippen LogP contribution in [0, 0.1) is 0 Å². The Labute approximate surface area is 105 Å². The van der Waals surface area contributed by atoms with Crippen LogP contribution in [0.15, 0.2) is 33.9 Å². The maximum Gasteiger partial charge on any atom is 0.326 e. The molecule has 2 N–H and O–H groups in total. The first-order valence-electron chi connectivity index (χ1n) is 5.60. The number of H-pyrrole nitrogens is 2. The lowest BCUT2D eigenvalue weighted by molar-refractivity contribution is 1.09. The number of aromatic amines is 2. The van der Waals surface area contributed by atoms with E-state index in [1.165, 1.54) is 16.9 Å². The Morgan fingerprint density at radius 1 is 1.11 bits per heavy atom. The number of benzene rings is 1. The molecule has 0 aliphatic heterocycles. The van der Waals surface area contributed by atoms with Crippen molar-refractivity contribution in [2.24, 2.45) is 0 Å². The minimum atomic E-state index is -0.444. The molecule has 1 aromatic carbocycles. The van der Waals surface area contributed by atoms with Crippen molar-refractivity contribution >= 4 is 21.6 Å². The summed E-state index contributed by atoms with van der Waals surface area (Å²) >= 11 is 1.50. The third-order valence-corrected chi connectivity index (χ3v) is 4.41. The first kappa shape index (κ1) is 9.85. The number of fused-ring (bicyclic) bond motifs is 5. The van der Waals surface area contributed by atoms with E-state index in [-0.39, 0.29) is 5.56 Å². The van der Waals surface area contributed by atoms with Crippen LogP contribution in [0.1, 0.15) is 10.4 Å². The number of hydrogen-bond donors (Lipinski definition) is 2. The largest absolute Gasteiger partial charge is 0.326 e. The molecule has 0 fully saturated rings. The Morgan fingerprint density at radius 3 is 2.83 bits per heavy atom. The Hall–Kier alpha value is -2.14. The van der Waals surface area contributed by atoms with Gasteiger partial charge in [0, 0.05) is 16.9 Å². The molecule has 0 saturated carbocycles. The lowest BCUT2D eigenvalue weighted by Gasteiger charge is -1.98. The molecule has 0 saturated heterocycles. The van der Waals surface area contributed by atoms with Crippen molar-refractivity contribution in [2.45, 2.75) is 6.42 Å². The normalized spacial score (nSPS) is 12.7. The molecular weight excluding hydrogens is 248 g/mol. The number of hydrogen-bond acceptors (Lipinski definition) is 3. The molecule has 88 valence electrons. The van der Waals surface area contributed by atoms with E-state index < -0.39 is 5.69 Å². The van der Waals surface area contributed by atoms with Gasteiger partial charge in [0.2, 0.25) is 0 Å². The summed E-state index contributed by atoms with van der Waals surface area (Å²) in [7, 11) is 0. The quantitative estimate of drug-likeness (QED) is 0.504. The zero-order chi connectivity index (χ0) is 12.3. The van der Waals surface area contributed by atoms with Crippen LogP contribution in [0.5, 0.6) is 0 Å². The average Bonchev–Trinajstić information content (AvgIpc) is 2.83. The predicted molar refractivity (Wildman–Crippen MR) is 71.3 cm³/mol. The topological polar surface area (TPSA) is 65.7 Å². The molecule has 4 rings (SSSR count). The van der Waals surface area contributed by atoms with Crippen molar-refractivity contribution in [1.82, 2.24) is 9.97 Å². The summed E-state index contributed by atoms with van der Waals surface area (Å²) < 4.78 is 0. The van der Waals surface area contributed by atoms with Gasteiger partial charge in [0.05, 0.1) is 5.39 Å². The highest BCUT2D eigenvalue weighted by Gasteiger charge is 2.25. The molecular formula is C13H8N2O2S. The fourth-order valence-corrected chi connectivity index (χ4v) is 3.81. The molecule has 0 amide bonds. The van der Waals surface area contributed by atoms with E-state index in [2.05, 4.69) is 16.0 Å². The van der Waals surface area contributed by atoms with E-state index in [4.69, 9.17) is 0 Å². The number of rotatable bonds is 0. The third-order valence-electron chi connectivity index (χ3n) is 3.30. The zero-order valence-corrected chi connectivity index (χ0v) is 10.1. The van der Waals surface area contributed by atoms with Gasteiger partial charge < -0.3 is 0 Å². The average molecular weight is 256 g/mol. The number of nitrogens with one attached hydrogen (secondary N) is 2. The summed E-state index contributed by atoms with van der Waals surface area (Å²) in [6.07, 6.45) is 0.840. The van der Waals surface area contributed by atoms with Gasteiger partial charge in [-0.3, -0.25) is 14.8 Å². The molecule has 0 bridgehead atoms. The zero-order valence-electron chi connectivity index (χ0n) is 9.24. The summed E-state index contributed by atoms with van der Waals surface area (Å²) in [5.41, 5.74) is 2.59. The molecule has 2 aromatic heterocycles. The number of aromatic nitrogens is 2.